The first-order chi connectivity index (χ1) is 6.78. The molecule has 1 saturated carbocycles. The molecular formula is C9H15N3OS. The molecule has 0 amide bonds. The van der Waals surface area contributed by atoms with E-state index in [4.69, 9.17) is 5.11 Å². The van der Waals surface area contributed by atoms with E-state index in [-0.39, 0.29) is 12.0 Å². The summed E-state index contributed by atoms with van der Waals surface area (Å²) >= 11 is 1.40. The summed E-state index contributed by atoms with van der Waals surface area (Å²) in [6, 6.07) is 0. The minimum atomic E-state index is 0.137. The Morgan fingerprint density at radius 1 is 1.57 bits per heavy atom. The van der Waals surface area contributed by atoms with Crippen LogP contribution in [0.1, 0.15) is 25.6 Å². The molecule has 0 bridgehead atoms. The van der Waals surface area contributed by atoms with Crippen molar-refractivity contribution < 1.29 is 5.11 Å². The van der Waals surface area contributed by atoms with Crippen molar-refractivity contribution in [1.82, 2.24) is 9.36 Å². The van der Waals surface area contributed by atoms with Gasteiger partial charge in [0, 0.05) is 29.9 Å². The predicted octanol–water partition coefficient (Wildman–Crippen LogP) is 1.28. The SMILES string of the molecule is CCc1nsc(NCC2(CO)CC2)n1. The summed E-state index contributed by atoms with van der Waals surface area (Å²) in [5.74, 6) is 0.895. The number of aryl methyl sites for hydroxylation is 1. The van der Waals surface area contributed by atoms with Gasteiger partial charge in [0.2, 0.25) is 5.13 Å². The summed E-state index contributed by atoms with van der Waals surface area (Å²) in [6.45, 7) is 3.14. The molecule has 2 N–H and O–H groups in total. The largest absolute Gasteiger partial charge is 0.396 e. The van der Waals surface area contributed by atoms with E-state index >= 15 is 0 Å². The number of aliphatic hydroxyl groups is 1. The van der Waals surface area contributed by atoms with Gasteiger partial charge < -0.3 is 10.4 Å². The minimum Gasteiger partial charge on any atom is -0.396 e. The Morgan fingerprint density at radius 2 is 2.36 bits per heavy atom. The van der Waals surface area contributed by atoms with Crippen molar-refractivity contribution in [2.75, 3.05) is 18.5 Å². The van der Waals surface area contributed by atoms with Gasteiger partial charge in [-0.25, -0.2) is 4.98 Å². The second-order valence-corrected chi connectivity index (χ2v) is 4.63. The highest BCUT2D eigenvalue weighted by Gasteiger charge is 2.41. The lowest BCUT2D eigenvalue weighted by Gasteiger charge is -2.10. The van der Waals surface area contributed by atoms with Gasteiger partial charge in [-0.1, -0.05) is 6.92 Å². The molecule has 0 saturated heterocycles. The smallest absolute Gasteiger partial charge is 0.202 e. The summed E-state index contributed by atoms with van der Waals surface area (Å²) in [5, 5.41) is 13.2. The van der Waals surface area contributed by atoms with Gasteiger partial charge in [-0.3, -0.25) is 0 Å². The van der Waals surface area contributed by atoms with Crippen LogP contribution in [0.2, 0.25) is 0 Å². The Kier molecular flexibility index (Phi) is 2.69. The van der Waals surface area contributed by atoms with Crippen LogP contribution in [0.5, 0.6) is 0 Å². The summed E-state index contributed by atoms with van der Waals surface area (Å²) in [6.07, 6.45) is 3.12. The number of aliphatic hydroxyl groups excluding tert-OH is 1. The summed E-state index contributed by atoms with van der Waals surface area (Å²) < 4.78 is 4.19. The number of nitrogens with one attached hydrogen (secondary N) is 1. The standard InChI is InChI=1S/C9H15N3OS/c1-2-7-11-8(14-12-7)10-5-9(6-13)3-4-9/h13H,2-6H2,1H3,(H,10,11,12). The van der Waals surface area contributed by atoms with Crippen molar-refractivity contribution in [1.29, 1.82) is 0 Å². The number of hydrogen-bond acceptors (Lipinski definition) is 5. The molecular weight excluding hydrogens is 198 g/mol. The molecule has 0 radical (unpaired) electrons. The first-order valence-corrected chi connectivity index (χ1v) is 5.73. The highest BCUT2D eigenvalue weighted by atomic mass is 32.1. The van der Waals surface area contributed by atoms with E-state index in [2.05, 4.69) is 14.7 Å². The average molecular weight is 213 g/mol. The lowest BCUT2D eigenvalue weighted by atomic mass is 10.1. The number of aromatic nitrogens is 2. The molecule has 0 atom stereocenters. The molecule has 1 aromatic rings. The monoisotopic (exact) mass is 213 g/mol. The fourth-order valence-electron chi connectivity index (χ4n) is 1.30. The third-order valence-electron chi connectivity index (χ3n) is 2.69. The molecule has 1 heterocycles. The van der Waals surface area contributed by atoms with Crippen molar-refractivity contribution in [3.05, 3.63) is 5.82 Å². The van der Waals surface area contributed by atoms with E-state index < -0.39 is 0 Å². The van der Waals surface area contributed by atoms with Gasteiger partial charge in [0.15, 0.2) is 0 Å². The van der Waals surface area contributed by atoms with E-state index in [0.29, 0.717) is 0 Å². The van der Waals surface area contributed by atoms with E-state index in [1.54, 1.807) is 0 Å². The van der Waals surface area contributed by atoms with E-state index in [1.807, 2.05) is 6.92 Å². The molecule has 0 spiro atoms. The predicted molar refractivity (Wildman–Crippen MR) is 56.5 cm³/mol. The zero-order valence-electron chi connectivity index (χ0n) is 8.29. The Balaban J connectivity index is 1.85. The van der Waals surface area contributed by atoms with Gasteiger partial charge in [-0.15, -0.1) is 0 Å². The Labute approximate surface area is 87.5 Å². The average Bonchev–Trinajstić information content (AvgIpc) is 2.86. The highest BCUT2D eigenvalue weighted by Crippen LogP contribution is 2.44. The van der Waals surface area contributed by atoms with Gasteiger partial charge in [0.25, 0.3) is 0 Å². The van der Waals surface area contributed by atoms with Crippen LogP contribution in [0, 0.1) is 5.41 Å². The van der Waals surface area contributed by atoms with Gasteiger partial charge in [0.1, 0.15) is 5.82 Å². The van der Waals surface area contributed by atoms with Crippen molar-refractivity contribution in [3.63, 3.8) is 0 Å². The summed E-state index contributed by atoms with van der Waals surface area (Å²) in [4.78, 5) is 4.31. The Morgan fingerprint density at radius 3 is 2.86 bits per heavy atom. The second-order valence-electron chi connectivity index (χ2n) is 3.88. The number of hydrogen-bond donors (Lipinski definition) is 2. The maximum absolute atomic E-state index is 9.11. The third kappa shape index (κ3) is 2.04. The van der Waals surface area contributed by atoms with Crippen LogP contribution in [-0.4, -0.2) is 27.6 Å². The lowest BCUT2D eigenvalue weighted by Crippen LogP contribution is -2.18. The number of anilines is 1. The first-order valence-electron chi connectivity index (χ1n) is 4.95. The Hall–Kier alpha value is -0.680. The third-order valence-corrected chi connectivity index (χ3v) is 3.40. The van der Waals surface area contributed by atoms with Crippen molar-refractivity contribution in [2.45, 2.75) is 26.2 Å². The topological polar surface area (TPSA) is 58.0 Å². The molecule has 1 fully saturated rings. The maximum Gasteiger partial charge on any atom is 0.202 e. The fraction of sp³-hybridized carbons (Fsp3) is 0.778. The van der Waals surface area contributed by atoms with E-state index in [1.165, 1.54) is 11.5 Å². The number of nitrogens with zero attached hydrogens (tertiary/aromatic N) is 2. The van der Waals surface area contributed by atoms with Crippen LogP contribution in [0.15, 0.2) is 0 Å². The fourth-order valence-corrected chi connectivity index (χ4v) is 1.94. The molecule has 2 rings (SSSR count). The van der Waals surface area contributed by atoms with Crippen LogP contribution in [0.25, 0.3) is 0 Å². The first kappa shape index (κ1) is 9.86. The highest BCUT2D eigenvalue weighted by molar-refractivity contribution is 7.09. The molecule has 1 aromatic heterocycles. The van der Waals surface area contributed by atoms with Crippen LogP contribution in [-0.2, 0) is 6.42 Å². The number of rotatable bonds is 5. The van der Waals surface area contributed by atoms with Crippen molar-refractivity contribution in [3.8, 4) is 0 Å². The zero-order chi connectivity index (χ0) is 10.0. The molecule has 0 unspecified atom stereocenters. The van der Waals surface area contributed by atoms with E-state index in [9.17, 15) is 0 Å². The zero-order valence-corrected chi connectivity index (χ0v) is 9.10. The second kappa shape index (κ2) is 3.82. The molecule has 78 valence electrons. The molecule has 0 aromatic carbocycles. The summed E-state index contributed by atoms with van der Waals surface area (Å²) in [5.41, 5.74) is 0.137. The van der Waals surface area contributed by atoms with Gasteiger partial charge in [-0.05, 0) is 12.8 Å². The van der Waals surface area contributed by atoms with Crippen molar-refractivity contribution >= 4 is 16.7 Å². The normalized spacial score (nSPS) is 18.1. The lowest BCUT2D eigenvalue weighted by molar-refractivity contribution is 0.220. The maximum atomic E-state index is 9.11. The van der Waals surface area contributed by atoms with E-state index in [0.717, 1.165) is 36.8 Å². The summed E-state index contributed by atoms with van der Waals surface area (Å²) in [7, 11) is 0. The Bertz CT molecular complexity index is 309. The molecule has 0 aliphatic heterocycles. The van der Waals surface area contributed by atoms with Crippen LogP contribution < -0.4 is 5.32 Å². The minimum absolute atomic E-state index is 0.137. The molecule has 4 nitrogen and oxygen atoms in total. The van der Waals surface area contributed by atoms with Crippen LogP contribution >= 0.6 is 11.5 Å². The van der Waals surface area contributed by atoms with Gasteiger partial charge >= 0.3 is 0 Å². The van der Waals surface area contributed by atoms with Crippen LogP contribution in [0.3, 0.4) is 0 Å². The molecule has 1 aliphatic carbocycles. The molecule has 5 heteroatoms. The van der Waals surface area contributed by atoms with Gasteiger partial charge in [0.05, 0.1) is 6.61 Å². The quantitative estimate of drug-likeness (QED) is 0.773. The van der Waals surface area contributed by atoms with Crippen molar-refractivity contribution in [2.24, 2.45) is 5.41 Å². The molecule has 1 aliphatic rings. The van der Waals surface area contributed by atoms with Gasteiger partial charge in [-0.2, -0.15) is 4.37 Å². The van der Waals surface area contributed by atoms with Crippen LogP contribution in [0.4, 0.5) is 5.13 Å². The molecule has 14 heavy (non-hydrogen) atoms.